The Morgan fingerprint density at radius 1 is 1.22 bits per heavy atom. The molecule has 0 aliphatic heterocycles. The number of benzene rings is 2. The van der Waals surface area contributed by atoms with E-state index in [2.05, 4.69) is 11.4 Å². The molecule has 1 amide bonds. The van der Waals surface area contributed by atoms with Gasteiger partial charge in [0.15, 0.2) is 0 Å². The molecule has 0 bridgehead atoms. The van der Waals surface area contributed by atoms with E-state index in [4.69, 9.17) is 9.15 Å². The fraction of sp³-hybridized carbons (Fsp3) is 0.292. The van der Waals surface area contributed by atoms with Crippen LogP contribution in [0.15, 0.2) is 58.0 Å². The topological polar surface area (TPSA) is 88.9 Å². The van der Waals surface area contributed by atoms with Gasteiger partial charge in [0, 0.05) is 13.6 Å². The molecule has 3 aromatic rings. The molecule has 169 valence electrons. The number of hydrogen-bond donors (Lipinski definition) is 1. The van der Waals surface area contributed by atoms with Gasteiger partial charge in [-0.3, -0.25) is 4.79 Å². The van der Waals surface area contributed by atoms with Crippen molar-refractivity contribution in [2.45, 2.75) is 31.7 Å². The first-order valence-electron chi connectivity index (χ1n) is 10.1. The predicted molar refractivity (Wildman–Crippen MR) is 121 cm³/mol. The predicted octanol–water partition coefficient (Wildman–Crippen LogP) is 3.50. The van der Waals surface area contributed by atoms with Crippen molar-refractivity contribution in [3.8, 4) is 5.75 Å². The van der Waals surface area contributed by atoms with E-state index in [-0.39, 0.29) is 17.3 Å². The third-order valence-electron chi connectivity index (χ3n) is 5.10. The molecule has 0 aliphatic rings. The van der Waals surface area contributed by atoms with Crippen LogP contribution in [0.4, 0.5) is 0 Å². The molecule has 0 saturated heterocycles. The summed E-state index contributed by atoms with van der Waals surface area (Å²) in [6.07, 6.45) is 2.03. The van der Waals surface area contributed by atoms with Crippen LogP contribution in [0.3, 0.4) is 0 Å². The fourth-order valence-electron chi connectivity index (χ4n) is 3.49. The van der Waals surface area contributed by atoms with Crippen LogP contribution in [0.2, 0.25) is 0 Å². The van der Waals surface area contributed by atoms with E-state index in [9.17, 15) is 13.2 Å². The van der Waals surface area contributed by atoms with Gasteiger partial charge in [-0.2, -0.15) is 4.31 Å². The van der Waals surface area contributed by atoms with E-state index in [1.165, 1.54) is 17.6 Å². The number of furan rings is 1. The summed E-state index contributed by atoms with van der Waals surface area (Å²) < 4.78 is 38.2. The first-order chi connectivity index (χ1) is 15.2. The molecule has 0 spiro atoms. The number of ether oxygens (including phenoxy) is 1. The first-order valence-corrected chi connectivity index (χ1v) is 11.6. The second kappa shape index (κ2) is 10.0. The highest BCUT2D eigenvalue weighted by atomic mass is 32.2. The number of carbonyl (C=O) groups excluding carboxylic acids is 1. The van der Waals surface area contributed by atoms with E-state index < -0.39 is 10.0 Å². The number of aryl methyl sites for hydroxylation is 2. The Balaban J connectivity index is 1.65. The Hall–Kier alpha value is -3.10. The molecule has 1 aromatic heterocycles. The number of methoxy groups -OCH3 is 1. The molecule has 1 N–H and O–H groups in total. The highest BCUT2D eigenvalue weighted by Crippen LogP contribution is 2.28. The van der Waals surface area contributed by atoms with Crippen LogP contribution in [0.25, 0.3) is 0 Å². The number of amides is 1. The van der Waals surface area contributed by atoms with Crippen LogP contribution in [0.5, 0.6) is 5.75 Å². The minimum absolute atomic E-state index is 0.000370. The average molecular weight is 456 g/mol. The highest BCUT2D eigenvalue weighted by Gasteiger charge is 2.26. The standard InChI is InChI=1S/C24H27N2O5S/c1-17-12-21(30-4)13-18(2)23(17)32(28,29)26(3)15-22-14-20(16-31-22)24(27)25-11-10-19-8-6-5-7-9-19/h5-6,8-9,12-14,16H,10-11,15H2,1-4H3,(H,25,27). The van der Waals surface area contributed by atoms with Crippen LogP contribution in [-0.4, -0.2) is 39.3 Å². The zero-order valence-corrected chi connectivity index (χ0v) is 19.5. The number of rotatable bonds is 9. The van der Waals surface area contributed by atoms with Gasteiger partial charge in [-0.25, -0.2) is 8.42 Å². The zero-order valence-electron chi connectivity index (χ0n) is 18.6. The van der Waals surface area contributed by atoms with Crippen molar-refractivity contribution >= 4 is 15.9 Å². The molecule has 1 radical (unpaired) electrons. The van der Waals surface area contributed by atoms with E-state index >= 15 is 0 Å². The molecule has 0 aliphatic carbocycles. The monoisotopic (exact) mass is 455 g/mol. The molecule has 1 heterocycles. The van der Waals surface area contributed by atoms with Gasteiger partial charge < -0.3 is 14.5 Å². The van der Waals surface area contributed by atoms with Crippen LogP contribution in [0.1, 0.15) is 32.8 Å². The zero-order chi connectivity index (χ0) is 23.3. The fourth-order valence-corrected chi connectivity index (χ4v) is 5.03. The Kier molecular flexibility index (Phi) is 7.37. The van der Waals surface area contributed by atoms with Crippen molar-refractivity contribution < 1.29 is 22.4 Å². The van der Waals surface area contributed by atoms with Crippen molar-refractivity contribution in [2.24, 2.45) is 0 Å². The average Bonchev–Trinajstić information content (AvgIpc) is 3.22. The molecule has 0 atom stereocenters. The minimum atomic E-state index is -3.77. The maximum Gasteiger partial charge on any atom is 0.254 e. The van der Waals surface area contributed by atoms with Crippen molar-refractivity contribution in [3.63, 3.8) is 0 Å². The van der Waals surface area contributed by atoms with Crippen LogP contribution in [0, 0.1) is 19.9 Å². The number of nitrogens with one attached hydrogen (secondary N) is 1. The van der Waals surface area contributed by atoms with E-state index in [1.54, 1.807) is 39.2 Å². The summed E-state index contributed by atoms with van der Waals surface area (Å²) >= 11 is 0. The maximum atomic E-state index is 13.2. The highest BCUT2D eigenvalue weighted by molar-refractivity contribution is 7.89. The normalized spacial score (nSPS) is 11.5. The second-order valence-electron chi connectivity index (χ2n) is 7.57. The Bertz CT molecular complexity index is 1160. The van der Waals surface area contributed by atoms with Gasteiger partial charge in [0.2, 0.25) is 10.0 Å². The summed E-state index contributed by atoms with van der Waals surface area (Å²) in [4.78, 5) is 12.6. The smallest absolute Gasteiger partial charge is 0.254 e. The third kappa shape index (κ3) is 5.38. The van der Waals surface area contributed by atoms with Gasteiger partial charge >= 0.3 is 0 Å². The summed E-state index contributed by atoms with van der Waals surface area (Å²) in [7, 11) is -0.740. The number of sulfonamides is 1. The second-order valence-corrected chi connectivity index (χ2v) is 9.55. The lowest BCUT2D eigenvalue weighted by atomic mass is 10.1. The van der Waals surface area contributed by atoms with Gasteiger partial charge in [0.25, 0.3) is 5.91 Å². The SMILES string of the molecule is COc1cc(C)c(S(=O)(=O)N(C)Cc2cc(C(=O)NCCc3c[c]ccc3)co2)c(C)c1. The number of hydrogen-bond acceptors (Lipinski definition) is 5. The summed E-state index contributed by atoms with van der Waals surface area (Å²) in [5, 5.41) is 2.84. The molecule has 7 nitrogen and oxygen atoms in total. The Labute approximate surface area is 189 Å². The van der Waals surface area contributed by atoms with Gasteiger partial charge in [-0.1, -0.05) is 24.3 Å². The van der Waals surface area contributed by atoms with E-state index in [0.29, 0.717) is 41.2 Å². The van der Waals surface area contributed by atoms with E-state index in [1.807, 2.05) is 24.3 Å². The summed E-state index contributed by atoms with van der Waals surface area (Å²) in [6.45, 7) is 3.94. The summed E-state index contributed by atoms with van der Waals surface area (Å²) in [5.41, 5.74) is 2.63. The van der Waals surface area contributed by atoms with Crippen LogP contribution < -0.4 is 10.1 Å². The number of nitrogens with zero attached hydrogens (tertiary/aromatic N) is 1. The molecule has 0 unspecified atom stereocenters. The molecule has 0 fully saturated rings. The van der Waals surface area contributed by atoms with Crippen LogP contribution in [-0.2, 0) is 23.0 Å². The summed E-state index contributed by atoms with van der Waals surface area (Å²) in [5.74, 6) is 0.712. The largest absolute Gasteiger partial charge is 0.497 e. The first kappa shape index (κ1) is 23.6. The van der Waals surface area contributed by atoms with Gasteiger partial charge in [-0.15, -0.1) is 0 Å². The Morgan fingerprint density at radius 3 is 2.56 bits per heavy atom. The lowest BCUT2D eigenvalue weighted by Gasteiger charge is -2.19. The van der Waals surface area contributed by atoms with Gasteiger partial charge in [0.1, 0.15) is 17.8 Å². The van der Waals surface area contributed by atoms with Gasteiger partial charge in [0.05, 0.1) is 24.1 Å². The van der Waals surface area contributed by atoms with Crippen molar-refractivity contribution in [2.75, 3.05) is 20.7 Å². The molecule has 32 heavy (non-hydrogen) atoms. The van der Waals surface area contributed by atoms with Crippen molar-refractivity contribution in [1.82, 2.24) is 9.62 Å². The molecule has 2 aromatic carbocycles. The number of carbonyl (C=O) groups is 1. The van der Waals surface area contributed by atoms with Crippen LogP contribution >= 0.6 is 0 Å². The lowest BCUT2D eigenvalue weighted by molar-refractivity contribution is 0.0953. The molecule has 3 rings (SSSR count). The molecule has 0 saturated carbocycles. The van der Waals surface area contributed by atoms with E-state index in [0.717, 1.165) is 5.56 Å². The molecular weight excluding hydrogens is 428 g/mol. The maximum absolute atomic E-state index is 13.2. The minimum Gasteiger partial charge on any atom is -0.497 e. The van der Waals surface area contributed by atoms with Gasteiger partial charge in [-0.05, 0) is 61.2 Å². The lowest BCUT2D eigenvalue weighted by Crippen LogP contribution is -2.28. The Morgan fingerprint density at radius 2 is 1.94 bits per heavy atom. The van der Waals surface area contributed by atoms with Crippen molar-refractivity contribution in [1.29, 1.82) is 0 Å². The van der Waals surface area contributed by atoms with Crippen molar-refractivity contribution in [3.05, 3.63) is 82.8 Å². The molecule has 8 heteroatoms. The summed E-state index contributed by atoms with van der Waals surface area (Å²) in [6, 6.07) is 15.5. The quantitative estimate of drug-likeness (QED) is 0.534. The third-order valence-corrected chi connectivity index (χ3v) is 7.21. The molecular formula is C24H27N2O5S.